The third kappa shape index (κ3) is 8.57. The first-order chi connectivity index (χ1) is 19.3. The van der Waals surface area contributed by atoms with Crippen molar-refractivity contribution in [2.24, 2.45) is 5.11 Å². The first-order valence-corrected chi connectivity index (χ1v) is 20.8. The first-order valence-electron chi connectivity index (χ1n) is 14.9. The summed E-state index contributed by atoms with van der Waals surface area (Å²) in [7, 11) is -4.30. The van der Waals surface area contributed by atoms with Gasteiger partial charge in [-0.3, -0.25) is 4.79 Å². The zero-order valence-electron chi connectivity index (χ0n) is 27.0. The van der Waals surface area contributed by atoms with Crippen LogP contribution in [0.25, 0.3) is 10.4 Å². The summed E-state index contributed by atoms with van der Waals surface area (Å²) in [6.45, 7) is 22.1. The van der Waals surface area contributed by atoms with Crippen molar-refractivity contribution in [1.29, 1.82) is 0 Å². The van der Waals surface area contributed by atoms with Gasteiger partial charge in [0.05, 0.1) is 12.2 Å². The quantitative estimate of drug-likeness (QED) is 0.0760. The minimum atomic E-state index is -2.27. The van der Waals surface area contributed by atoms with Gasteiger partial charge in [0.2, 0.25) is 5.91 Å². The number of carbonyl (C=O) groups is 2. The van der Waals surface area contributed by atoms with E-state index in [0.29, 0.717) is 30.6 Å². The van der Waals surface area contributed by atoms with Gasteiger partial charge in [0.15, 0.2) is 8.32 Å². The molecule has 1 fully saturated rings. The lowest BCUT2D eigenvalue weighted by Gasteiger charge is -2.44. The Morgan fingerprint density at radius 2 is 1.69 bits per heavy atom. The fraction of sp³-hybridized carbons (Fsp3) is 0.677. The van der Waals surface area contributed by atoms with Crippen molar-refractivity contribution in [2.75, 3.05) is 0 Å². The van der Waals surface area contributed by atoms with E-state index < -0.39 is 34.6 Å². The fourth-order valence-electron chi connectivity index (χ4n) is 4.87. The summed E-state index contributed by atoms with van der Waals surface area (Å²) in [5, 5.41) is 3.10. The van der Waals surface area contributed by atoms with E-state index in [1.54, 1.807) is 6.08 Å². The Morgan fingerprint density at radius 3 is 2.31 bits per heavy atom. The molecule has 0 spiro atoms. The Morgan fingerprint density at radius 1 is 1.05 bits per heavy atom. The smallest absolute Gasteiger partial charge is 0.342 e. The van der Waals surface area contributed by atoms with E-state index >= 15 is 0 Å². The molecule has 2 aliphatic heterocycles. The number of hydrogen-bond donors (Lipinski definition) is 0. The van der Waals surface area contributed by atoms with Crippen LogP contribution in [0.3, 0.4) is 0 Å². The lowest BCUT2D eigenvalue weighted by Crippen LogP contribution is -2.48. The van der Waals surface area contributed by atoms with Crippen molar-refractivity contribution in [3.05, 3.63) is 51.9 Å². The predicted molar refractivity (Wildman–Crippen MR) is 170 cm³/mol. The van der Waals surface area contributed by atoms with Crippen LogP contribution in [0, 0.1) is 0 Å². The summed E-state index contributed by atoms with van der Waals surface area (Å²) in [4.78, 5) is 28.2. The molecular formula is C31H49N3O6Si2. The molecule has 9 nitrogen and oxygen atoms in total. The molecule has 1 aromatic carbocycles. The van der Waals surface area contributed by atoms with E-state index in [2.05, 4.69) is 77.8 Å². The van der Waals surface area contributed by atoms with Crippen molar-refractivity contribution in [3.8, 4) is 5.75 Å². The molecular weight excluding hydrogens is 567 g/mol. The minimum Gasteiger partial charge on any atom is -0.543 e. The average Bonchev–Trinajstić information content (AvgIpc) is 2.81. The highest BCUT2D eigenvalue weighted by molar-refractivity contribution is 6.75. The highest BCUT2D eigenvalue weighted by atomic mass is 28.4. The second-order valence-corrected chi connectivity index (χ2v) is 24.1. The third-order valence-electron chi connectivity index (χ3n) is 9.24. The van der Waals surface area contributed by atoms with Gasteiger partial charge >= 0.3 is 5.97 Å². The van der Waals surface area contributed by atoms with Crippen LogP contribution in [0.15, 0.2) is 35.5 Å². The van der Waals surface area contributed by atoms with Gasteiger partial charge in [-0.1, -0.05) is 59.8 Å². The summed E-state index contributed by atoms with van der Waals surface area (Å²) in [5.74, 6) is -0.594. The second kappa shape index (κ2) is 13.1. The average molecular weight is 616 g/mol. The van der Waals surface area contributed by atoms with Crippen LogP contribution >= 0.6 is 0 Å². The van der Waals surface area contributed by atoms with Crippen LogP contribution in [0.5, 0.6) is 5.75 Å². The summed E-state index contributed by atoms with van der Waals surface area (Å²) in [6.07, 6.45) is 4.70. The van der Waals surface area contributed by atoms with E-state index in [9.17, 15) is 9.59 Å². The Kier molecular flexibility index (Phi) is 10.6. The van der Waals surface area contributed by atoms with Crippen LogP contribution < -0.4 is 4.43 Å². The molecule has 11 heteroatoms. The van der Waals surface area contributed by atoms with Crippen molar-refractivity contribution in [1.82, 2.24) is 0 Å². The second-order valence-electron chi connectivity index (χ2n) is 14.6. The highest BCUT2D eigenvalue weighted by Crippen LogP contribution is 2.42. The standard InChI is InChI=1S/C31H49N3O6Si2/c1-30(2,3)41(7,8)39-25-19-23-17-21-13-11-15-26(40-42(9,10)31(4,5)6)28(21)29(36)38-22(18-24(20-25)37-23)14-12-16-27(35)33-34-32/h11-13,15-16,22-25H,14,17-20H2,1-10H3/b16-12+/t22-,23-,24-,25+/m0/s1. The van der Waals surface area contributed by atoms with Crippen molar-refractivity contribution in [3.63, 3.8) is 0 Å². The summed E-state index contributed by atoms with van der Waals surface area (Å²) in [6, 6.07) is 5.75. The van der Waals surface area contributed by atoms with Crippen molar-refractivity contribution < 1.29 is 27.9 Å². The zero-order chi connectivity index (χ0) is 31.5. The minimum absolute atomic E-state index is 0.0302. The van der Waals surface area contributed by atoms with Gasteiger partial charge in [-0.2, -0.15) is 0 Å². The third-order valence-corrected chi connectivity index (χ3v) is 18.1. The summed E-state index contributed by atoms with van der Waals surface area (Å²) >= 11 is 0. The Balaban J connectivity index is 2.02. The van der Waals surface area contributed by atoms with Crippen molar-refractivity contribution >= 4 is 28.5 Å². The molecule has 0 unspecified atom stereocenters. The molecule has 0 aliphatic carbocycles. The highest BCUT2D eigenvalue weighted by Gasteiger charge is 2.43. The maximum Gasteiger partial charge on any atom is 0.342 e. The number of rotatable bonds is 7. The summed E-state index contributed by atoms with van der Waals surface area (Å²) < 4.78 is 26.3. The van der Waals surface area contributed by atoms with Gasteiger partial charge in [-0.15, -0.1) is 0 Å². The van der Waals surface area contributed by atoms with E-state index in [1.807, 2.05) is 18.2 Å². The fourth-order valence-corrected chi connectivity index (χ4v) is 7.27. The molecule has 42 heavy (non-hydrogen) atoms. The molecule has 232 valence electrons. The molecule has 1 amide bonds. The predicted octanol–water partition coefficient (Wildman–Crippen LogP) is 8.26. The molecule has 1 saturated heterocycles. The number of hydrogen-bond acceptors (Lipinski definition) is 6. The van der Waals surface area contributed by atoms with Crippen molar-refractivity contribution in [2.45, 2.75) is 134 Å². The zero-order valence-corrected chi connectivity index (χ0v) is 29.0. The maximum atomic E-state index is 13.9. The van der Waals surface area contributed by atoms with E-state index in [-0.39, 0.29) is 34.8 Å². The lowest BCUT2D eigenvalue weighted by atomic mass is 9.91. The Bertz CT molecular complexity index is 1230. The van der Waals surface area contributed by atoms with Crippen LogP contribution in [-0.2, 0) is 25.1 Å². The molecule has 2 aliphatic rings. The van der Waals surface area contributed by atoms with Crippen LogP contribution in [0.4, 0.5) is 0 Å². The van der Waals surface area contributed by atoms with Crippen LogP contribution in [0.1, 0.15) is 83.1 Å². The monoisotopic (exact) mass is 615 g/mol. The molecule has 0 aromatic heterocycles. The molecule has 0 N–H and O–H groups in total. The van der Waals surface area contributed by atoms with Gasteiger partial charge < -0.3 is 18.3 Å². The van der Waals surface area contributed by atoms with E-state index in [1.165, 1.54) is 6.08 Å². The number of carbonyl (C=O) groups excluding carboxylic acids is 2. The van der Waals surface area contributed by atoms with E-state index in [0.717, 1.165) is 12.0 Å². The molecule has 3 rings (SSSR count). The Labute approximate surface area is 253 Å². The molecule has 1 aromatic rings. The largest absolute Gasteiger partial charge is 0.543 e. The molecule has 0 saturated carbocycles. The topological polar surface area (TPSA) is 120 Å². The van der Waals surface area contributed by atoms with E-state index in [4.69, 9.17) is 23.9 Å². The number of benzene rings is 1. The number of cyclic esters (lactones) is 1. The SMILES string of the molecule is CC(C)(C)[Si](C)(C)Oc1cccc2c1C(=O)O[C@@H](C/C=C/C(=O)N=[N+]=[N-])C[C@H]1C[C@H](O[Si](C)(C)C(C)(C)C)C[C@H](C2)O1. The number of nitrogens with zero attached hydrogens (tertiary/aromatic N) is 3. The molecule has 4 atom stereocenters. The van der Waals surface area contributed by atoms with Crippen LogP contribution in [-0.4, -0.2) is 52.9 Å². The lowest BCUT2D eigenvalue weighted by molar-refractivity contribution is -0.113. The van der Waals surface area contributed by atoms with Gasteiger partial charge in [0.1, 0.15) is 17.4 Å². The van der Waals surface area contributed by atoms with Gasteiger partial charge in [-0.25, -0.2) is 4.79 Å². The van der Waals surface area contributed by atoms with Gasteiger partial charge in [-0.05, 0) is 83.9 Å². The van der Waals surface area contributed by atoms with Crippen LogP contribution in [0.2, 0.25) is 36.3 Å². The van der Waals surface area contributed by atoms with Gasteiger partial charge in [0.25, 0.3) is 8.32 Å². The first kappa shape index (κ1) is 34.1. The normalized spacial score (nSPS) is 23.9. The molecule has 0 radical (unpaired) electrons. The molecule has 2 heterocycles. The number of ether oxygens (including phenoxy) is 2. The molecule has 2 bridgehead atoms. The number of azide groups is 1. The van der Waals surface area contributed by atoms with Gasteiger partial charge in [0, 0.05) is 23.9 Å². The summed E-state index contributed by atoms with van der Waals surface area (Å²) in [5.41, 5.74) is 9.83. The maximum absolute atomic E-state index is 13.9. The number of amides is 1. The number of fused-ring (bicyclic) bond motifs is 3. The number of esters is 1. The Hall–Kier alpha value is -2.44.